The first kappa shape index (κ1) is 33.2. The molecule has 0 aliphatic carbocycles. The molecule has 1 fully saturated rings. The van der Waals surface area contributed by atoms with Gasteiger partial charge in [0.15, 0.2) is 0 Å². The molecule has 9 nitrogen and oxygen atoms in total. The van der Waals surface area contributed by atoms with Gasteiger partial charge in [-0.1, -0.05) is 58.1 Å². The molecule has 0 saturated carbocycles. The third-order valence-electron chi connectivity index (χ3n) is 7.74. The van der Waals surface area contributed by atoms with Crippen LogP contribution in [0.2, 0.25) is 0 Å². The summed E-state index contributed by atoms with van der Waals surface area (Å²) in [6.07, 6.45) is 6.93. The van der Waals surface area contributed by atoms with E-state index in [1.54, 1.807) is 6.08 Å². The van der Waals surface area contributed by atoms with E-state index in [2.05, 4.69) is 13.0 Å². The summed E-state index contributed by atoms with van der Waals surface area (Å²) in [6.45, 7) is 10.5. The van der Waals surface area contributed by atoms with E-state index in [1.165, 1.54) is 13.0 Å². The number of carbonyl (C=O) groups is 2. The van der Waals surface area contributed by atoms with Crippen LogP contribution in [0.25, 0.3) is 0 Å². The van der Waals surface area contributed by atoms with E-state index in [9.17, 15) is 30.0 Å². The third-order valence-corrected chi connectivity index (χ3v) is 7.74. The quantitative estimate of drug-likeness (QED) is 0.139. The van der Waals surface area contributed by atoms with Crippen molar-refractivity contribution in [1.82, 2.24) is 0 Å². The molecule has 2 aliphatic rings. The van der Waals surface area contributed by atoms with Gasteiger partial charge in [-0.15, -0.1) is 0 Å². The van der Waals surface area contributed by atoms with Crippen LogP contribution >= 0.6 is 0 Å². The van der Waals surface area contributed by atoms with Crippen LogP contribution < -0.4 is 0 Å². The standard InChI is InChI=1S/C30H48O9/c1-7-24(33)21(5)29-25(38-29)15-18(2)9-8-10-19(3)28-20(4)11-12-26(34)30(36,17-37-22(6)31)14-13-23(32)16-27(35)39-28/h8-12,18,20-21,23-26,28-29,32-34,36H,7,13-17H2,1-6H3/b9-8+,12-11+,19-10+. The van der Waals surface area contributed by atoms with Gasteiger partial charge in [0.2, 0.25) is 0 Å². The first-order valence-corrected chi connectivity index (χ1v) is 14.1. The number of allylic oxidation sites excluding steroid dienone is 3. The maximum Gasteiger partial charge on any atom is 0.309 e. The molecule has 39 heavy (non-hydrogen) atoms. The largest absolute Gasteiger partial charge is 0.463 e. The van der Waals surface area contributed by atoms with Gasteiger partial charge >= 0.3 is 11.9 Å². The number of aliphatic hydroxyl groups is 4. The monoisotopic (exact) mass is 552 g/mol. The number of aliphatic hydroxyl groups excluding tert-OH is 3. The number of epoxide rings is 1. The van der Waals surface area contributed by atoms with Crippen LogP contribution in [0.15, 0.2) is 36.0 Å². The fourth-order valence-corrected chi connectivity index (χ4v) is 4.94. The number of carbonyl (C=O) groups excluding carboxylic acids is 2. The van der Waals surface area contributed by atoms with Crippen LogP contribution in [0.5, 0.6) is 0 Å². The van der Waals surface area contributed by atoms with E-state index in [1.807, 2.05) is 39.8 Å². The number of hydrogen-bond acceptors (Lipinski definition) is 9. The van der Waals surface area contributed by atoms with E-state index in [-0.39, 0.29) is 55.3 Å². The number of ether oxygens (including phenoxy) is 3. The molecule has 10 unspecified atom stereocenters. The van der Waals surface area contributed by atoms with Gasteiger partial charge in [0.25, 0.3) is 0 Å². The maximum absolute atomic E-state index is 12.6. The van der Waals surface area contributed by atoms with Crippen molar-refractivity contribution < 1.29 is 44.2 Å². The predicted octanol–water partition coefficient (Wildman–Crippen LogP) is 2.99. The van der Waals surface area contributed by atoms with Crippen molar-refractivity contribution in [2.24, 2.45) is 17.8 Å². The van der Waals surface area contributed by atoms with Gasteiger partial charge in [-0.25, -0.2) is 0 Å². The van der Waals surface area contributed by atoms with Crippen molar-refractivity contribution in [3.63, 3.8) is 0 Å². The maximum atomic E-state index is 12.6. The molecule has 2 heterocycles. The zero-order valence-electron chi connectivity index (χ0n) is 24.2. The molecule has 222 valence electrons. The van der Waals surface area contributed by atoms with Crippen molar-refractivity contribution in [2.75, 3.05) is 6.61 Å². The van der Waals surface area contributed by atoms with Gasteiger partial charge in [0.05, 0.1) is 30.8 Å². The topological polar surface area (TPSA) is 146 Å². The zero-order chi connectivity index (χ0) is 29.3. The highest BCUT2D eigenvalue weighted by Gasteiger charge is 2.45. The van der Waals surface area contributed by atoms with Crippen molar-refractivity contribution in [2.45, 2.75) is 116 Å². The second-order valence-corrected chi connectivity index (χ2v) is 11.4. The lowest BCUT2D eigenvalue weighted by molar-refractivity contribution is -0.157. The normalized spacial score (nSPS) is 35.7. The summed E-state index contributed by atoms with van der Waals surface area (Å²) in [4.78, 5) is 23.9. The molecule has 1 saturated heterocycles. The molecule has 0 amide bonds. The summed E-state index contributed by atoms with van der Waals surface area (Å²) in [7, 11) is 0. The first-order chi connectivity index (χ1) is 18.3. The molecule has 0 bridgehead atoms. The average molecular weight is 553 g/mol. The minimum absolute atomic E-state index is 0.00911. The van der Waals surface area contributed by atoms with Crippen LogP contribution in [0.4, 0.5) is 0 Å². The van der Waals surface area contributed by atoms with Gasteiger partial charge in [-0.05, 0) is 44.1 Å². The zero-order valence-corrected chi connectivity index (χ0v) is 24.2. The molecule has 2 aliphatic heterocycles. The van der Waals surface area contributed by atoms with E-state index in [4.69, 9.17) is 14.2 Å². The minimum atomic E-state index is -1.80. The summed E-state index contributed by atoms with van der Waals surface area (Å²) in [5, 5.41) is 42.1. The molecule has 0 spiro atoms. The second kappa shape index (κ2) is 15.1. The Balaban J connectivity index is 2.10. The van der Waals surface area contributed by atoms with Gasteiger partial charge in [0.1, 0.15) is 24.4 Å². The Morgan fingerprint density at radius 1 is 1.26 bits per heavy atom. The van der Waals surface area contributed by atoms with Crippen LogP contribution in [-0.4, -0.2) is 81.2 Å². The number of rotatable bonds is 10. The van der Waals surface area contributed by atoms with E-state index < -0.39 is 42.5 Å². The van der Waals surface area contributed by atoms with Crippen LogP contribution in [0, 0.1) is 17.8 Å². The molecule has 2 rings (SSSR count). The van der Waals surface area contributed by atoms with E-state index in [0.29, 0.717) is 6.42 Å². The minimum Gasteiger partial charge on any atom is -0.463 e. The van der Waals surface area contributed by atoms with Crippen molar-refractivity contribution in [1.29, 1.82) is 0 Å². The Bertz CT molecular complexity index is 897. The van der Waals surface area contributed by atoms with Crippen molar-refractivity contribution >= 4 is 11.9 Å². The lowest BCUT2D eigenvalue weighted by Gasteiger charge is -2.32. The predicted molar refractivity (Wildman–Crippen MR) is 146 cm³/mol. The Morgan fingerprint density at radius 2 is 1.95 bits per heavy atom. The first-order valence-electron chi connectivity index (χ1n) is 14.1. The molecule has 0 radical (unpaired) electrons. The summed E-state index contributed by atoms with van der Waals surface area (Å²) in [5.74, 6) is -1.17. The molecule has 4 N–H and O–H groups in total. The highest BCUT2D eigenvalue weighted by atomic mass is 16.6. The van der Waals surface area contributed by atoms with Gasteiger partial charge in [0, 0.05) is 18.8 Å². The highest BCUT2D eigenvalue weighted by molar-refractivity contribution is 5.70. The van der Waals surface area contributed by atoms with Gasteiger partial charge < -0.3 is 34.6 Å². The summed E-state index contributed by atoms with van der Waals surface area (Å²) in [5.41, 5.74) is -1.03. The molecular formula is C30H48O9. The fourth-order valence-electron chi connectivity index (χ4n) is 4.94. The van der Waals surface area contributed by atoms with E-state index >= 15 is 0 Å². The highest BCUT2D eigenvalue weighted by Crippen LogP contribution is 2.36. The van der Waals surface area contributed by atoms with Gasteiger partial charge in [-0.2, -0.15) is 0 Å². The van der Waals surface area contributed by atoms with Crippen molar-refractivity contribution in [3.8, 4) is 0 Å². The summed E-state index contributed by atoms with van der Waals surface area (Å²) in [6, 6.07) is 0. The van der Waals surface area contributed by atoms with Crippen LogP contribution in [-0.2, 0) is 23.8 Å². The Morgan fingerprint density at radius 3 is 2.59 bits per heavy atom. The molecule has 0 aromatic rings. The smallest absolute Gasteiger partial charge is 0.309 e. The average Bonchev–Trinajstić information content (AvgIpc) is 3.64. The lowest BCUT2D eigenvalue weighted by atomic mass is 9.88. The van der Waals surface area contributed by atoms with Crippen molar-refractivity contribution in [3.05, 3.63) is 36.0 Å². The Kier molecular flexibility index (Phi) is 12.8. The molecule has 10 atom stereocenters. The Labute approximate surface area is 232 Å². The fraction of sp³-hybridized carbons (Fsp3) is 0.733. The SMILES string of the molecule is CCC(O)C(C)C1OC1CC(C)/C=C/C=C(\C)C1OC(=O)CC(O)CCC(O)(COC(C)=O)C(O)/C=C/C1C. The van der Waals surface area contributed by atoms with E-state index in [0.717, 1.165) is 12.0 Å². The summed E-state index contributed by atoms with van der Waals surface area (Å²) >= 11 is 0. The second-order valence-electron chi connectivity index (χ2n) is 11.4. The number of hydrogen-bond donors (Lipinski definition) is 4. The molecular weight excluding hydrogens is 504 g/mol. The third kappa shape index (κ3) is 10.5. The van der Waals surface area contributed by atoms with Gasteiger partial charge in [-0.3, -0.25) is 9.59 Å². The van der Waals surface area contributed by atoms with Crippen LogP contribution in [0.3, 0.4) is 0 Å². The summed E-state index contributed by atoms with van der Waals surface area (Å²) < 4.78 is 16.5. The molecule has 0 aromatic heterocycles. The Hall–Kier alpha value is -2.04. The number of cyclic esters (lactones) is 1. The lowest BCUT2D eigenvalue weighted by Crippen LogP contribution is -2.47. The molecule has 0 aromatic carbocycles. The van der Waals surface area contributed by atoms with Crippen LogP contribution in [0.1, 0.15) is 73.6 Å². The molecule has 9 heteroatoms. The number of esters is 2.